The number of carbonyl (C=O) groups is 1. The Hall–Kier alpha value is -1.15. The molecule has 0 spiro atoms. The van der Waals surface area contributed by atoms with Gasteiger partial charge in [-0.1, -0.05) is 22.0 Å². The first kappa shape index (κ1) is 20.1. The minimum Gasteiger partial charge on any atom is -0.465 e. The zero-order valence-electron chi connectivity index (χ0n) is 16.6. The summed E-state index contributed by atoms with van der Waals surface area (Å²) >= 11 is 3.54. The van der Waals surface area contributed by atoms with E-state index in [-0.39, 0.29) is 17.7 Å². The summed E-state index contributed by atoms with van der Waals surface area (Å²) in [6, 6.07) is 6.78. The molecule has 1 aliphatic carbocycles. The second-order valence-corrected chi connectivity index (χ2v) is 9.77. The molecule has 2 fully saturated rings. The van der Waals surface area contributed by atoms with Crippen LogP contribution in [0.5, 0.6) is 0 Å². The fourth-order valence-corrected chi connectivity index (χ4v) is 5.76. The Morgan fingerprint density at radius 1 is 1.21 bits per heavy atom. The lowest BCUT2D eigenvalue weighted by molar-refractivity contribution is -0.0489. The summed E-state index contributed by atoms with van der Waals surface area (Å²) < 4.78 is 1.07. The van der Waals surface area contributed by atoms with Crippen LogP contribution in [-0.4, -0.2) is 81.4 Å². The first-order valence-electron chi connectivity index (χ1n) is 10.2. The molecule has 154 valence electrons. The lowest BCUT2D eigenvalue weighted by Gasteiger charge is -2.52. The molecule has 28 heavy (non-hydrogen) atoms. The van der Waals surface area contributed by atoms with Crippen molar-refractivity contribution in [1.82, 2.24) is 14.7 Å². The van der Waals surface area contributed by atoms with Crippen molar-refractivity contribution >= 4 is 22.0 Å². The Kier molecular flexibility index (Phi) is 5.46. The molecule has 3 aliphatic rings. The number of nitrogens with zero attached hydrogens (tertiary/aromatic N) is 3. The van der Waals surface area contributed by atoms with E-state index in [0.717, 1.165) is 43.4 Å². The molecule has 1 aromatic carbocycles. The lowest BCUT2D eigenvalue weighted by Crippen LogP contribution is -2.62. The normalized spacial score (nSPS) is 31.0. The maximum absolute atomic E-state index is 11.2. The summed E-state index contributed by atoms with van der Waals surface area (Å²) in [4.78, 5) is 17.8. The average Bonchev–Trinajstić information content (AvgIpc) is 2.96. The van der Waals surface area contributed by atoms with Gasteiger partial charge in [0.2, 0.25) is 0 Å². The highest BCUT2D eigenvalue weighted by Crippen LogP contribution is 2.40. The number of hydrogen-bond acceptors (Lipinski definition) is 4. The van der Waals surface area contributed by atoms with Crippen molar-refractivity contribution < 1.29 is 15.0 Å². The van der Waals surface area contributed by atoms with Crippen molar-refractivity contribution in [1.29, 1.82) is 0 Å². The van der Waals surface area contributed by atoms with E-state index in [9.17, 15) is 15.0 Å². The van der Waals surface area contributed by atoms with Crippen LogP contribution in [0.2, 0.25) is 0 Å². The molecule has 2 N–H and O–H groups in total. The summed E-state index contributed by atoms with van der Waals surface area (Å²) in [5, 5.41) is 20.0. The summed E-state index contributed by atoms with van der Waals surface area (Å²) in [7, 11) is 0. The number of amides is 1. The van der Waals surface area contributed by atoms with E-state index in [2.05, 4.69) is 57.8 Å². The van der Waals surface area contributed by atoms with Crippen LogP contribution in [0.15, 0.2) is 22.7 Å². The molecule has 2 heterocycles. The highest BCUT2D eigenvalue weighted by atomic mass is 79.9. The van der Waals surface area contributed by atoms with Gasteiger partial charge in [-0.15, -0.1) is 0 Å². The van der Waals surface area contributed by atoms with E-state index in [0.29, 0.717) is 19.1 Å². The Balaban J connectivity index is 1.45. The van der Waals surface area contributed by atoms with Crippen molar-refractivity contribution in [2.45, 2.75) is 56.8 Å². The van der Waals surface area contributed by atoms with Gasteiger partial charge in [0, 0.05) is 55.2 Å². The van der Waals surface area contributed by atoms with Crippen molar-refractivity contribution in [2.24, 2.45) is 0 Å². The van der Waals surface area contributed by atoms with Gasteiger partial charge in [0.25, 0.3) is 0 Å². The molecule has 0 unspecified atom stereocenters. The number of aliphatic hydroxyl groups is 1. The van der Waals surface area contributed by atoms with Crippen LogP contribution in [0, 0.1) is 0 Å². The van der Waals surface area contributed by atoms with Crippen LogP contribution in [0.3, 0.4) is 0 Å². The van der Waals surface area contributed by atoms with Gasteiger partial charge in [0.15, 0.2) is 0 Å². The number of hydrogen-bond donors (Lipinski definition) is 2. The van der Waals surface area contributed by atoms with E-state index in [1.54, 1.807) is 0 Å². The Labute approximate surface area is 175 Å². The molecule has 0 radical (unpaired) electrons. The van der Waals surface area contributed by atoms with Crippen LogP contribution >= 0.6 is 15.9 Å². The smallest absolute Gasteiger partial charge is 0.407 e. The molecule has 1 aromatic rings. The third-order valence-electron chi connectivity index (χ3n) is 7.13. The zero-order valence-corrected chi connectivity index (χ0v) is 18.2. The summed E-state index contributed by atoms with van der Waals surface area (Å²) in [5.41, 5.74) is 2.56. The number of likely N-dealkylation sites (tertiary alicyclic amines) is 1. The van der Waals surface area contributed by atoms with Crippen molar-refractivity contribution in [3.05, 3.63) is 33.8 Å². The molecule has 4 rings (SSSR count). The van der Waals surface area contributed by atoms with Crippen LogP contribution in [0.25, 0.3) is 0 Å². The van der Waals surface area contributed by atoms with E-state index in [1.165, 1.54) is 16.0 Å². The molecule has 0 aromatic heterocycles. The fraction of sp³-hybridized carbons (Fsp3) is 0.667. The first-order chi connectivity index (χ1) is 13.3. The van der Waals surface area contributed by atoms with Crippen molar-refractivity contribution in [2.75, 3.05) is 32.7 Å². The molecule has 6 nitrogen and oxygen atoms in total. The Morgan fingerprint density at radius 2 is 1.93 bits per heavy atom. The van der Waals surface area contributed by atoms with Gasteiger partial charge < -0.3 is 15.1 Å². The highest BCUT2D eigenvalue weighted by molar-refractivity contribution is 9.10. The van der Waals surface area contributed by atoms with E-state index >= 15 is 0 Å². The van der Waals surface area contributed by atoms with E-state index in [4.69, 9.17) is 0 Å². The van der Waals surface area contributed by atoms with Crippen LogP contribution in [-0.2, 0) is 6.42 Å². The van der Waals surface area contributed by atoms with Crippen molar-refractivity contribution in [3.63, 3.8) is 0 Å². The molecule has 3 atom stereocenters. The molecule has 2 aliphatic heterocycles. The fourth-order valence-electron chi connectivity index (χ4n) is 5.35. The van der Waals surface area contributed by atoms with Gasteiger partial charge in [0.05, 0.1) is 12.1 Å². The quantitative estimate of drug-likeness (QED) is 0.723. The number of carboxylic acid groups (broad SMARTS) is 1. The van der Waals surface area contributed by atoms with E-state index in [1.807, 2.05) is 0 Å². The predicted molar refractivity (Wildman–Crippen MR) is 112 cm³/mol. The number of piperazine rings is 1. The summed E-state index contributed by atoms with van der Waals surface area (Å²) in [6.45, 7) is 8.61. The molecule has 1 amide bonds. The second-order valence-electron chi connectivity index (χ2n) is 8.86. The molecule has 7 heteroatoms. The zero-order chi connectivity index (χ0) is 20.1. The van der Waals surface area contributed by atoms with E-state index < -0.39 is 6.09 Å². The van der Waals surface area contributed by atoms with Gasteiger partial charge in [-0.3, -0.25) is 9.80 Å². The minimum absolute atomic E-state index is 0.0589. The highest BCUT2D eigenvalue weighted by Gasteiger charge is 2.43. The number of piperidine rings is 1. The molecular weight excluding hydrogens is 422 g/mol. The third kappa shape index (κ3) is 3.58. The van der Waals surface area contributed by atoms with Crippen LogP contribution in [0.1, 0.15) is 43.9 Å². The van der Waals surface area contributed by atoms with Gasteiger partial charge in [-0.2, -0.15) is 0 Å². The Bertz CT molecular complexity index is 750. The predicted octanol–water partition coefficient (Wildman–Crippen LogP) is 2.95. The molecule has 0 bridgehead atoms. The van der Waals surface area contributed by atoms with Gasteiger partial charge in [-0.25, -0.2) is 4.79 Å². The number of benzene rings is 1. The largest absolute Gasteiger partial charge is 0.465 e. The number of rotatable bonds is 2. The molecule has 2 saturated heterocycles. The maximum Gasteiger partial charge on any atom is 0.407 e. The third-order valence-corrected chi connectivity index (χ3v) is 7.62. The van der Waals surface area contributed by atoms with Gasteiger partial charge in [0.1, 0.15) is 0 Å². The summed E-state index contributed by atoms with van der Waals surface area (Å²) in [6.07, 6.45) is 1.33. The maximum atomic E-state index is 11.2. The van der Waals surface area contributed by atoms with Crippen molar-refractivity contribution in [3.8, 4) is 0 Å². The first-order valence-corrected chi connectivity index (χ1v) is 11.0. The number of halogens is 1. The van der Waals surface area contributed by atoms with Crippen LogP contribution < -0.4 is 0 Å². The SMILES string of the molecule is C[C@H]1CN(C2(C)CCN(C(=O)O)CC2)CCN1[C@@H]1c2ccc(Br)cc2C[C@@H]1O. The average molecular weight is 452 g/mol. The van der Waals surface area contributed by atoms with Gasteiger partial charge >= 0.3 is 6.09 Å². The van der Waals surface area contributed by atoms with Crippen LogP contribution in [0.4, 0.5) is 4.79 Å². The number of fused-ring (bicyclic) bond motifs is 1. The monoisotopic (exact) mass is 451 g/mol. The lowest BCUT2D eigenvalue weighted by atomic mass is 9.86. The Morgan fingerprint density at radius 3 is 2.57 bits per heavy atom. The molecular formula is C21H30BrN3O3. The minimum atomic E-state index is -0.805. The number of aliphatic hydroxyl groups excluding tert-OH is 1. The molecule has 0 saturated carbocycles. The second kappa shape index (κ2) is 7.59. The van der Waals surface area contributed by atoms with Gasteiger partial charge in [-0.05, 0) is 49.9 Å². The summed E-state index contributed by atoms with van der Waals surface area (Å²) in [5.74, 6) is 0. The topological polar surface area (TPSA) is 67.2 Å². The standard InChI is InChI=1S/C21H30BrN3O3/c1-14-13-24(21(2)5-7-23(8-6-21)20(27)28)9-10-25(14)19-17-4-3-16(22)11-15(17)12-18(19)26/h3-4,11,14,18-19,26H,5-10,12-13H2,1-2H3,(H,27,28)/t14-,18-,19+/m0/s1.